The molecule has 1 aromatic carbocycles. The van der Waals surface area contributed by atoms with Crippen molar-refractivity contribution in [3.63, 3.8) is 0 Å². The third-order valence-electron chi connectivity index (χ3n) is 3.18. The Morgan fingerprint density at radius 2 is 2.20 bits per heavy atom. The summed E-state index contributed by atoms with van der Waals surface area (Å²) in [4.78, 5) is 4.45. The Morgan fingerprint density at radius 1 is 1.40 bits per heavy atom. The zero-order chi connectivity index (χ0) is 14.5. The van der Waals surface area contributed by atoms with Crippen LogP contribution in [0.3, 0.4) is 0 Å². The number of nitrogens with zero attached hydrogens (tertiary/aromatic N) is 2. The van der Waals surface area contributed by atoms with E-state index in [4.69, 9.17) is 15.2 Å². The second kappa shape index (κ2) is 6.61. The van der Waals surface area contributed by atoms with E-state index in [-0.39, 0.29) is 0 Å². The van der Waals surface area contributed by atoms with Gasteiger partial charge in [-0.05, 0) is 24.5 Å². The first-order chi connectivity index (χ1) is 9.67. The standard InChI is InChI=1S/C15H23N3O2/c1-4-8-20-13-7-5-6-12-14(13)17-15(16)18(12)9-11(2)10-19-3/h5-7,11H,4,8-10H2,1-3H3,(H2,16,17). The molecular weight excluding hydrogens is 254 g/mol. The third-order valence-corrected chi connectivity index (χ3v) is 3.18. The van der Waals surface area contributed by atoms with Crippen LogP contribution in [0.4, 0.5) is 5.95 Å². The molecule has 1 heterocycles. The highest BCUT2D eigenvalue weighted by atomic mass is 16.5. The maximum absolute atomic E-state index is 6.05. The van der Waals surface area contributed by atoms with E-state index in [0.717, 1.165) is 29.7 Å². The number of methoxy groups -OCH3 is 1. The molecular formula is C15H23N3O2. The van der Waals surface area contributed by atoms with Gasteiger partial charge >= 0.3 is 0 Å². The fourth-order valence-electron chi connectivity index (χ4n) is 2.31. The predicted octanol–water partition coefficient (Wildman–Crippen LogP) is 2.69. The van der Waals surface area contributed by atoms with Gasteiger partial charge in [0, 0.05) is 13.7 Å². The van der Waals surface area contributed by atoms with Gasteiger partial charge in [-0.1, -0.05) is 19.9 Å². The molecule has 0 aliphatic carbocycles. The number of aromatic nitrogens is 2. The molecule has 1 aromatic heterocycles. The van der Waals surface area contributed by atoms with Gasteiger partial charge in [0.05, 0.1) is 18.7 Å². The molecule has 5 nitrogen and oxygen atoms in total. The number of para-hydroxylation sites is 1. The van der Waals surface area contributed by atoms with Crippen LogP contribution in [0.25, 0.3) is 11.0 Å². The SMILES string of the molecule is CCCOc1cccc2c1nc(N)n2CC(C)COC. The fraction of sp³-hybridized carbons (Fsp3) is 0.533. The normalized spacial score (nSPS) is 12.8. The molecule has 0 aliphatic heterocycles. The topological polar surface area (TPSA) is 62.3 Å². The molecule has 2 N–H and O–H groups in total. The van der Waals surface area contributed by atoms with Crippen molar-refractivity contribution in [1.82, 2.24) is 9.55 Å². The van der Waals surface area contributed by atoms with Crippen molar-refractivity contribution in [2.24, 2.45) is 5.92 Å². The highest BCUT2D eigenvalue weighted by Gasteiger charge is 2.14. The number of nitrogens with two attached hydrogens (primary N) is 1. The fourth-order valence-corrected chi connectivity index (χ4v) is 2.31. The molecule has 2 rings (SSSR count). The molecule has 1 atom stereocenters. The largest absolute Gasteiger partial charge is 0.491 e. The Morgan fingerprint density at radius 3 is 2.90 bits per heavy atom. The van der Waals surface area contributed by atoms with Gasteiger partial charge in [0.25, 0.3) is 0 Å². The lowest BCUT2D eigenvalue weighted by molar-refractivity contribution is 0.152. The molecule has 0 amide bonds. The van der Waals surface area contributed by atoms with Crippen molar-refractivity contribution in [2.75, 3.05) is 26.1 Å². The number of rotatable bonds is 7. The van der Waals surface area contributed by atoms with Crippen LogP contribution in [0.2, 0.25) is 0 Å². The number of benzene rings is 1. The summed E-state index contributed by atoms with van der Waals surface area (Å²) in [5, 5.41) is 0. The van der Waals surface area contributed by atoms with Crippen molar-refractivity contribution in [3.05, 3.63) is 18.2 Å². The van der Waals surface area contributed by atoms with Crippen LogP contribution in [0.1, 0.15) is 20.3 Å². The molecule has 0 bridgehead atoms. The maximum Gasteiger partial charge on any atom is 0.201 e. The number of hydrogen-bond acceptors (Lipinski definition) is 4. The van der Waals surface area contributed by atoms with E-state index in [1.54, 1.807) is 7.11 Å². The van der Waals surface area contributed by atoms with Crippen molar-refractivity contribution < 1.29 is 9.47 Å². The van der Waals surface area contributed by atoms with Gasteiger partial charge in [-0.2, -0.15) is 0 Å². The van der Waals surface area contributed by atoms with Crippen LogP contribution in [0.15, 0.2) is 18.2 Å². The first kappa shape index (κ1) is 14.7. The minimum absolute atomic E-state index is 0.375. The minimum atomic E-state index is 0.375. The van der Waals surface area contributed by atoms with Crippen LogP contribution in [0.5, 0.6) is 5.75 Å². The second-order valence-corrected chi connectivity index (χ2v) is 5.11. The first-order valence-corrected chi connectivity index (χ1v) is 7.03. The molecule has 0 radical (unpaired) electrons. The number of ether oxygens (including phenoxy) is 2. The molecule has 5 heteroatoms. The van der Waals surface area contributed by atoms with E-state index in [9.17, 15) is 0 Å². The lowest BCUT2D eigenvalue weighted by Crippen LogP contribution is -2.14. The van der Waals surface area contributed by atoms with Crippen molar-refractivity contribution in [2.45, 2.75) is 26.8 Å². The summed E-state index contributed by atoms with van der Waals surface area (Å²) in [6, 6.07) is 5.94. The average molecular weight is 277 g/mol. The molecule has 0 saturated carbocycles. The summed E-state index contributed by atoms with van der Waals surface area (Å²) >= 11 is 0. The number of imidazole rings is 1. The van der Waals surface area contributed by atoms with Crippen molar-refractivity contribution in [1.29, 1.82) is 0 Å². The van der Waals surface area contributed by atoms with E-state index in [2.05, 4.69) is 18.8 Å². The van der Waals surface area contributed by atoms with Crippen LogP contribution >= 0.6 is 0 Å². The van der Waals surface area contributed by atoms with Gasteiger partial charge in [-0.3, -0.25) is 0 Å². The molecule has 2 aromatic rings. The van der Waals surface area contributed by atoms with Gasteiger partial charge in [-0.15, -0.1) is 0 Å². The summed E-state index contributed by atoms with van der Waals surface area (Å²) in [5.74, 6) is 1.70. The number of nitrogen functional groups attached to an aromatic ring is 1. The predicted molar refractivity (Wildman–Crippen MR) is 81.0 cm³/mol. The Kier molecular flexibility index (Phi) is 4.84. The Balaban J connectivity index is 2.33. The summed E-state index contributed by atoms with van der Waals surface area (Å²) in [6.45, 7) is 6.39. The van der Waals surface area contributed by atoms with Crippen molar-refractivity contribution in [3.8, 4) is 5.75 Å². The van der Waals surface area contributed by atoms with Crippen LogP contribution in [-0.4, -0.2) is 29.9 Å². The van der Waals surface area contributed by atoms with Gasteiger partial charge in [-0.25, -0.2) is 4.98 Å². The monoisotopic (exact) mass is 277 g/mol. The number of hydrogen-bond donors (Lipinski definition) is 1. The molecule has 0 spiro atoms. The van der Waals surface area contributed by atoms with E-state index < -0.39 is 0 Å². The van der Waals surface area contributed by atoms with Crippen LogP contribution in [0, 0.1) is 5.92 Å². The van der Waals surface area contributed by atoms with Crippen LogP contribution in [-0.2, 0) is 11.3 Å². The van der Waals surface area contributed by atoms with Gasteiger partial charge in [0.1, 0.15) is 11.3 Å². The third kappa shape index (κ3) is 3.04. The second-order valence-electron chi connectivity index (χ2n) is 5.11. The van der Waals surface area contributed by atoms with E-state index >= 15 is 0 Å². The lowest BCUT2D eigenvalue weighted by Gasteiger charge is -2.13. The Hall–Kier alpha value is -1.75. The van der Waals surface area contributed by atoms with Gasteiger partial charge in [0.2, 0.25) is 5.95 Å². The lowest BCUT2D eigenvalue weighted by atomic mass is 10.2. The Labute approximate surface area is 119 Å². The summed E-state index contributed by atoms with van der Waals surface area (Å²) in [7, 11) is 1.71. The average Bonchev–Trinajstić information content (AvgIpc) is 2.74. The number of fused-ring (bicyclic) bond motifs is 1. The van der Waals surface area contributed by atoms with Crippen LogP contribution < -0.4 is 10.5 Å². The first-order valence-electron chi connectivity index (χ1n) is 7.03. The zero-order valence-corrected chi connectivity index (χ0v) is 12.4. The summed E-state index contributed by atoms with van der Waals surface area (Å²) in [5.41, 5.74) is 7.90. The van der Waals surface area contributed by atoms with E-state index in [0.29, 0.717) is 25.1 Å². The van der Waals surface area contributed by atoms with Crippen molar-refractivity contribution >= 4 is 17.0 Å². The van der Waals surface area contributed by atoms with E-state index in [1.165, 1.54) is 0 Å². The van der Waals surface area contributed by atoms with E-state index in [1.807, 2.05) is 22.8 Å². The molecule has 110 valence electrons. The number of anilines is 1. The molecule has 20 heavy (non-hydrogen) atoms. The minimum Gasteiger partial charge on any atom is -0.491 e. The summed E-state index contributed by atoms with van der Waals surface area (Å²) in [6.07, 6.45) is 0.970. The molecule has 1 unspecified atom stereocenters. The summed E-state index contributed by atoms with van der Waals surface area (Å²) < 4.78 is 12.9. The van der Waals surface area contributed by atoms with Gasteiger partial charge < -0.3 is 19.8 Å². The Bertz CT molecular complexity index is 565. The maximum atomic E-state index is 6.05. The van der Waals surface area contributed by atoms with Gasteiger partial charge in [0.15, 0.2) is 0 Å². The zero-order valence-electron chi connectivity index (χ0n) is 12.4. The smallest absolute Gasteiger partial charge is 0.201 e. The highest BCUT2D eigenvalue weighted by Crippen LogP contribution is 2.27. The molecule has 0 saturated heterocycles. The molecule has 0 fully saturated rings. The quantitative estimate of drug-likeness (QED) is 0.845. The highest BCUT2D eigenvalue weighted by molar-refractivity contribution is 5.84. The molecule has 0 aliphatic rings.